The fourth-order valence-corrected chi connectivity index (χ4v) is 3.57. The van der Waals surface area contributed by atoms with Crippen LogP contribution in [0.3, 0.4) is 0 Å². The van der Waals surface area contributed by atoms with E-state index in [1.165, 1.54) is 23.6 Å². The van der Waals surface area contributed by atoms with Gasteiger partial charge in [-0.3, -0.25) is 0 Å². The topological polar surface area (TPSA) is 63.7 Å². The van der Waals surface area contributed by atoms with Crippen molar-refractivity contribution in [2.45, 2.75) is 52.4 Å². The molecule has 5 nitrogen and oxygen atoms in total. The van der Waals surface area contributed by atoms with E-state index >= 15 is 0 Å². The number of unbranched alkanes of at least 4 members (excludes halogenated alkanes) is 5. The second-order valence-electron chi connectivity index (χ2n) is 4.95. The van der Waals surface area contributed by atoms with Crippen LogP contribution in [0.1, 0.15) is 52.4 Å². The van der Waals surface area contributed by atoms with E-state index in [1.54, 1.807) is 6.92 Å². The fourth-order valence-electron chi connectivity index (χ4n) is 1.99. The van der Waals surface area contributed by atoms with Gasteiger partial charge >= 0.3 is 5.97 Å². The fraction of sp³-hybridized carbons (Fsp3) is 0.800. The number of carbonyl (C=O) groups is 1. The number of sulfonamides is 1. The molecule has 0 aromatic carbocycles. The number of carbonyl (C=O) groups excluding carboxylic acids is 1. The molecule has 0 fully saturated rings. The van der Waals surface area contributed by atoms with Gasteiger partial charge in [-0.25, -0.2) is 13.2 Å². The minimum atomic E-state index is -3.25. The van der Waals surface area contributed by atoms with Gasteiger partial charge < -0.3 is 4.74 Å². The van der Waals surface area contributed by atoms with Crippen molar-refractivity contribution in [1.29, 1.82) is 0 Å². The first-order valence-electron chi connectivity index (χ1n) is 7.75. The van der Waals surface area contributed by atoms with Crippen molar-refractivity contribution in [1.82, 2.24) is 4.31 Å². The molecule has 0 unspecified atom stereocenters. The maximum atomic E-state index is 12.2. The molecule has 0 N–H and O–H groups in total. The summed E-state index contributed by atoms with van der Waals surface area (Å²) in [6, 6.07) is 0. The highest BCUT2D eigenvalue weighted by Gasteiger charge is 2.19. The summed E-state index contributed by atoms with van der Waals surface area (Å²) in [6.07, 6.45) is 7.37. The van der Waals surface area contributed by atoms with Crippen molar-refractivity contribution in [3.8, 4) is 0 Å². The van der Waals surface area contributed by atoms with Gasteiger partial charge in [0.05, 0.1) is 5.75 Å². The Hall–Kier alpha value is -0.880. The lowest BCUT2D eigenvalue weighted by Gasteiger charge is -2.20. The third-order valence-corrected chi connectivity index (χ3v) is 5.29. The molecule has 0 saturated heterocycles. The van der Waals surface area contributed by atoms with Gasteiger partial charge in [-0.1, -0.05) is 52.5 Å². The lowest BCUT2D eigenvalue weighted by Crippen LogP contribution is -2.35. The molecule has 0 aliphatic rings. The summed E-state index contributed by atoms with van der Waals surface area (Å²) in [6.45, 7) is 7.89. The van der Waals surface area contributed by atoms with E-state index in [0.717, 1.165) is 18.9 Å². The predicted octanol–water partition coefficient (Wildman–Crippen LogP) is 2.73. The normalized spacial score (nSPS) is 11.6. The quantitative estimate of drug-likeness (QED) is 0.297. The van der Waals surface area contributed by atoms with Crippen molar-refractivity contribution < 1.29 is 17.9 Å². The van der Waals surface area contributed by atoms with Crippen molar-refractivity contribution in [2.75, 3.05) is 25.4 Å². The SMILES string of the molecule is C=CC(=O)OCCN(CC)S(=O)(=O)CCCCCCCC. The molecule has 0 bridgehead atoms. The number of hydrogen-bond acceptors (Lipinski definition) is 4. The summed E-state index contributed by atoms with van der Waals surface area (Å²) in [5.41, 5.74) is 0. The molecule has 0 heterocycles. The number of esters is 1. The molecule has 0 aliphatic heterocycles. The molecule has 0 aromatic heterocycles. The van der Waals surface area contributed by atoms with Crippen LogP contribution in [0.5, 0.6) is 0 Å². The van der Waals surface area contributed by atoms with Crippen LogP contribution in [0.4, 0.5) is 0 Å². The smallest absolute Gasteiger partial charge is 0.330 e. The summed E-state index contributed by atoms with van der Waals surface area (Å²) >= 11 is 0. The summed E-state index contributed by atoms with van der Waals surface area (Å²) < 4.78 is 30.5. The highest BCUT2D eigenvalue weighted by Crippen LogP contribution is 2.09. The predicted molar refractivity (Wildman–Crippen MR) is 85.6 cm³/mol. The first-order valence-corrected chi connectivity index (χ1v) is 9.35. The van der Waals surface area contributed by atoms with Crippen molar-refractivity contribution >= 4 is 16.0 Å². The van der Waals surface area contributed by atoms with Crippen molar-refractivity contribution in [3.05, 3.63) is 12.7 Å². The second-order valence-corrected chi connectivity index (χ2v) is 7.04. The number of rotatable bonds is 13. The molecule has 0 aromatic rings. The minimum absolute atomic E-state index is 0.0639. The third kappa shape index (κ3) is 9.63. The van der Waals surface area contributed by atoms with Crippen LogP contribution in [0.2, 0.25) is 0 Å². The average molecular weight is 319 g/mol. The van der Waals surface area contributed by atoms with Gasteiger partial charge in [0.25, 0.3) is 0 Å². The molecule has 124 valence electrons. The Morgan fingerprint density at radius 2 is 1.76 bits per heavy atom. The lowest BCUT2D eigenvalue weighted by molar-refractivity contribution is -0.137. The Morgan fingerprint density at radius 3 is 2.33 bits per heavy atom. The average Bonchev–Trinajstić information content (AvgIpc) is 2.46. The van der Waals surface area contributed by atoms with Gasteiger partial charge in [0, 0.05) is 19.2 Å². The largest absolute Gasteiger partial charge is 0.461 e. The maximum absolute atomic E-state index is 12.2. The molecular weight excluding hydrogens is 290 g/mol. The van der Waals surface area contributed by atoms with Gasteiger partial charge in [-0.15, -0.1) is 0 Å². The highest BCUT2D eigenvalue weighted by atomic mass is 32.2. The van der Waals surface area contributed by atoms with Gasteiger partial charge in [0.15, 0.2) is 0 Å². The van der Waals surface area contributed by atoms with Crippen LogP contribution >= 0.6 is 0 Å². The summed E-state index contributed by atoms with van der Waals surface area (Å²) in [4.78, 5) is 10.9. The van der Waals surface area contributed by atoms with Gasteiger partial charge in [0.2, 0.25) is 10.0 Å². The summed E-state index contributed by atoms with van der Waals surface area (Å²) in [5.74, 6) is -0.359. The van der Waals surface area contributed by atoms with E-state index in [1.807, 2.05) is 0 Å². The van der Waals surface area contributed by atoms with Gasteiger partial charge in [-0.05, 0) is 6.42 Å². The Morgan fingerprint density at radius 1 is 1.14 bits per heavy atom. The Labute approximate surface area is 129 Å². The van der Waals surface area contributed by atoms with E-state index in [0.29, 0.717) is 13.0 Å². The molecule has 0 radical (unpaired) electrons. The van der Waals surface area contributed by atoms with E-state index in [9.17, 15) is 13.2 Å². The molecule has 0 amide bonds. The van der Waals surface area contributed by atoms with Crippen LogP contribution < -0.4 is 0 Å². The Kier molecular flexibility index (Phi) is 11.3. The zero-order valence-corrected chi connectivity index (χ0v) is 14.2. The van der Waals surface area contributed by atoms with Crippen LogP contribution in [0.25, 0.3) is 0 Å². The Balaban J connectivity index is 4.05. The molecule has 0 saturated carbocycles. The van der Waals surface area contributed by atoms with E-state index < -0.39 is 16.0 Å². The minimum Gasteiger partial charge on any atom is -0.461 e. The molecular formula is C15H29NO4S. The Bertz CT molecular complexity index is 392. The van der Waals surface area contributed by atoms with Crippen LogP contribution in [0.15, 0.2) is 12.7 Å². The van der Waals surface area contributed by atoms with E-state index in [2.05, 4.69) is 13.5 Å². The monoisotopic (exact) mass is 319 g/mol. The number of nitrogens with zero attached hydrogens (tertiary/aromatic N) is 1. The van der Waals surface area contributed by atoms with Crippen LogP contribution in [-0.4, -0.2) is 44.1 Å². The van der Waals surface area contributed by atoms with Crippen molar-refractivity contribution in [3.63, 3.8) is 0 Å². The third-order valence-electron chi connectivity index (χ3n) is 3.25. The van der Waals surface area contributed by atoms with E-state index in [-0.39, 0.29) is 18.9 Å². The molecule has 0 aliphatic carbocycles. The molecule has 0 atom stereocenters. The lowest BCUT2D eigenvalue weighted by atomic mass is 10.1. The molecule has 6 heteroatoms. The zero-order valence-electron chi connectivity index (χ0n) is 13.3. The first kappa shape index (κ1) is 20.1. The number of likely N-dealkylation sites (N-methyl/N-ethyl adjacent to an activating group) is 1. The zero-order chi connectivity index (χ0) is 16.1. The number of hydrogen-bond donors (Lipinski definition) is 0. The van der Waals surface area contributed by atoms with Gasteiger partial charge in [0.1, 0.15) is 6.61 Å². The molecule has 21 heavy (non-hydrogen) atoms. The molecule has 0 spiro atoms. The second kappa shape index (κ2) is 11.7. The van der Waals surface area contributed by atoms with Crippen LogP contribution in [0, 0.1) is 0 Å². The number of ether oxygens (including phenoxy) is 1. The molecule has 0 rings (SSSR count). The summed E-state index contributed by atoms with van der Waals surface area (Å²) in [7, 11) is -3.25. The van der Waals surface area contributed by atoms with Crippen molar-refractivity contribution in [2.24, 2.45) is 0 Å². The standard InChI is InChI=1S/C15H29NO4S/c1-4-7-8-9-10-11-14-21(18,19)16(6-3)12-13-20-15(17)5-2/h5H,2,4,6-14H2,1,3H3. The van der Waals surface area contributed by atoms with E-state index in [4.69, 9.17) is 4.74 Å². The van der Waals surface area contributed by atoms with Crippen LogP contribution in [-0.2, 0) is 19.6 Å². The maximum Gasteiger partial charge on any atom is 0.330 e. The van der Waals surface area contributed by atoms with Gasteiger partial charge in [-0.2, -0.15) is 4.31 Å². The summed E-state index contributed by atoms with van der Waals surface area (Å²) in [5, 5.41) is 0. The first-order chi connectivity index (χ1) is 9.97. The highest BCUT2D eigenvalue weighted by molar-refractivity contribution is 7.89.